The van der Waals surface area contributed by atoms with E-state index in [1.165, 1.54) is 12.8 Å². The van der Waals surface area contributed by atoms with Crippen molar-refractivity contribution >= 4 is 23.0 Å². The molecule has 1 aliphatic heterocycles. The smallest absolute Gasteiger partial charge is 0.270 e. The van der Waals surface area contributed by atoms with Gasteiger partial charge in [0.25, 0.3) is 5.91 Å². The normalized spacial score (nSPS) is 18.5. The van der Waals surface area contributed by atoms with Gasteiger partial charge in [0.05, 0.1) is 11.0 Å². The molecule has 2 aromatic rings. The first-order valence-electron chi connectivity index (χ1n) is 17.7. The molecule has 0 aliphatic carbocycles. The van der Waals surface area contributed by atoms with E-state index in [0.717, 1.165) is 54.2 Å². The summed E-state index contributed by atoms with van der Waals surface area (Å²) in [6, 6.07) is 10.7. The first-order valence-corrected chi connectivity index (χ1v) is 18.6. The van der Waals surface area contributed by atoms with Crippen molar-refractivity contribution < 1.29 is 9.59 Å². The van der Waals surface area contributed by atoms with Gasteiger partial charge in [0.1, 0.15) is 11.5 Å². The van der Waals surface area contributed by atoms with Crippen molar-refractivity contribution in [2.24, 2.45) is 11.8 Å². The number of thiazole rings is 1. The van der Waals surface area contributed by atoms with Gasteiger partial charge in [0.15, 0.2) is 0 Å². The van der Waals surface area contributed by atoms with Gasteiger partial charge in [-0.3, -0.25) is 14.5 Å². The molecule has 1 aliphatic rings. The summed E-state index contributed by atoms with van der Waals surface area (Å²) in [6.45, 7) is 22.7. The second-order valence-corrected chi connectivity index (χ2v) is 15.1. The summed E-state index contributed by atoms with van der Waals surface area (Å²) < 4.78 is 0. The number of rotatable bonds is 19. The van der Waals surface area contributed by atoms with Gasteiger partial charge < -0.3 is 15.5 Å². The molecular formula is C39H61N5O2S. The number of nitrogens with zero attached hydrogens (tertiary/aromatic N) is 3. The average molecular weight is 664 g/mol. The van der Waals surface area contributed by atoms with E-state index in [0.29, 0.717) is 30.5 Å². The van der Waals surface area contributed by atoms with E-state index in [2.05, 4.69) is 87.5 Å². The standard InChI is InChI=1S/C39H61N5O2S/c1-11-17-34(40-29(6)36-20-15-16-21-43(36)9)30(7)44(10)37(26(2)3)23-28(5)39-42-35(25-47-39)38(46)41-33(22-27(4)31(8)45)24-32-18-13-12-14-19-32/h12-14,18-19,25-28,33-34,36-37,40H,6-7,11,15-17,20-24H2,1-5,8-10H3,(H,41,46)/t27-,28+,33+,34-,36+,37+/m0/s1. The third-order valence-corrected chi connectivity index (χ3v) is 11.1. The Kier molecular flexibility index (Phi) is 15.2. The molecule has 1 amide bonds. The van der Waals surface area contributed by atoms with Gasteiger partial charge in [-0.15, -0.1) is 11.3 Å². The van der Waals surface area contributed by atoms with Crippen LogP contribution in [0.15, 0.2) is 60.3 Å². The highest BCUT2D eigenvalue weighted by Gasteiger charge is 2.30. The summed E-state index contributed by atoms with van der Waals surface area (Å²) in [5.74, 6) is 0.394. The van der Waals surface area contributed by atoms with Crippen LogP contribution in [0.2, 0.25) is 0 Å². The molecule has 0 radical (unpaired) electrons. The summed E-state index contributed by atoms with van der Waals surface area (Å²) in [6.07, 6.45) is 7.87. The van der Waals surface area contributed by atoms with Crippen LogP contribution in [0, 0.1) is 11.8 Å². The van der Waals surface area contributed by atoms with Crippen LogP contribution in [0.1, 0.15) is 113 Å². The van der Waals surface area contributed by atoms with E-state index >= 15 is 0 Å². The molecular weight excluding hydrogens is 603 g/mol. The Bertz CT molecular complexity index is 1310. The number of hydrogen-bond donors (Lipinski definition) is 2. The predicted molar refractivity (Wildman–Crippen MR) is 198 cm³/mol. The predicted octanol–water partition coefficient (Wildman–Crippen LogP) is 7.82. The number of ketones is 1. The van der Waals surface area contributed by atoms with Gasteiger partial charge in [-0.1, -0.05) is 91.0 Å². The first-order chi connectivity index (χ1) is 22.3. The molecule has 6 atom stereocenters. The van der Waals surface area contributed by atoms with Crippen LogP contribution in [0.5, 0.6) is 0 Å². The van der Waals surface area contributed by atoms with Crippen LogP contribution in [-0.2, 0) is 11.2 Å². The van der Waals surface area contributed by atoms with E-state index in [-0.39, 0.29) is 41.7 Å². The van der Waals surface area contributed by atoms with E-state index < -0.39 is 0 Å². The second kappa shape index (κ2) is 18.5. The lowest BCUT2D eigenvalue weighted by Crippen LogP contribution is -2.47. The van der Waals surface area contributed by atoms with Gasteiger partial charge in [0.2, 0.25) is 0 Å². The lowest BCUT2D eigenvalue weighted by Gasteiger charge is -2.41. The van der Waals surface area contributed by atoms with E-state index in [1.54, 1.807) is 18.3 Å². The van der Waals surface area contributed by atoms with E-state index in [4.69, 9.17) is 4.98 Å². The monoisotopic (exact) mass is 663 g/mol. The zero-order valence-electron chi connectivity index (χ0n) is 30.4. The molecule has 3 rings (SSSR count). The number of likely N-dealkylation sites (tertiary alicyclic amines) is 1. The molecule has 1 aromatic heterocycles. The maximum absolute atomic E-state index is 13.4. The van der Waals surface area contributed by atoms with Crippen molar-refractivity contribution in [1.29, 1.82) is 0 Å². The molecule has 2 heterocycles. The number of benzene rings is 1. The molecule has 1 aromatic carbocycles. The topological polar surface area (TPSA) is 77.6 Å². The van der Waals surface area contributed by atoms with Crippen LogP contribution < -0.4 is 10.6 Å². The summed E-state index contributed by atoms with van der Waals surface area (Å²) >= 11 is 1.55. The second-order valence-electron chi connectivity index (χ2n) is 14.2. The fourth-order valence-electron chi connectivity index (χ4n) is 6.81. The third kappa shape index (κ3) is 11.3. The summed E-state index contributed by atoms with van der Waals surface area (Å²) in [5, 5.41) is 9.82. The molecule has 47 heavy (non-hydrogen) atoms. The molecule has 7 nitrogen and oxygen atoms in total. The van der Waals surface area contributed by atoms with Crippen molar-refractivity contribution in [3.8, 4) is 0 Å². The molecule has 2 N–H and O–H groups in total. The molecule has 260 valence electrons. The van der Waals surface area contributed by atoms with Crippen molar-refractivity contribution in [1.82, 2.24) is 25.4 Å². The highest BCUT2D eigenvalue weighted by molar-refractivity contribution is 7.09. The average Bonchev–Trinajstić information content (AvgIpc) is 3.54. The molecule has 8 heteroatoms. The maximum atomic E-state index is 13.4. The van der Waals surface area contributed by atoms with Gasteiger partial charge >= 0.3 is 0 Å². The Morgan fingerprint density at radius 3 is 2.40 bits per heavy atom. The fourth-order valence-corrected chi connectivity index (χ4v) is 7.68. The zero-order chi connectivity index (χ0) is 34.7. The molecule has 0 spiro atoms. The first kappa shape index (κ1) is 38.5. The number of aromatic nitrogens is 1. The van der Waals surface area contributed by atoms with Gasteiger partial charge in [-0.2, -0.15) is 0 Å². The fraction of sp³-hybridized carbons (Fsp3) is 0.615. The number of Topliss-reactive ketones (excluding diaryl/α,β-unsaturated/α-hetero) is 1. The minimum absolute atomic E-state index is 0.131. The minimum atomic E-state index is -0.181. The molecule has 1 saturated heterocycles. The van der Waals surface area contributed by atoms with Gasteiger partial charge in [-0.05, 0) is 70.5 Å². The maximum Gasteiger partial charge on any atom is 0.270 e. The lowest BCUT2D eigenvalue weighted by atomic mass is 9.91. The molecule has 0 bridgehead atoms. The van der Waals surface area contributed by atoms with Crippen LogP contribution in [-0.4, -0.2) is 71.3 Å². The highest BCUT2D eigenvalue weighted by Crippen LogP contribution is 2.31. The molecule has 1 fully saturated rings. The molecule has 0 saturated carbocycles. The number of likely N-dealkylation sites (N-methyl/N-ethyl adjacent to an activating group) is 2. The van der Waals surface area contributed by atoms with Crippen LogP contribution >= 0.6 is 11.3 Å². The zero-order valence-corrected chi connectivity index (χ0v) is 31.2. The Hall–Kier alpha value is -2.97. The summed E-state index contributed by atoms with van der Waals surface area (Å²) in [5.41, 5.74) is 3.78. The SMILES string of the molecule is C=C(N[C@@H](CCC)C(=C)N(C)[C@H](C[C@@H](C)c1nc(C(=O)N[C@@H](Cc2ccccc2)C[C@H](C)C(C)=O)cs1)C(C)C)[C@H]1CCCCN1C. The van der Waals surface area contributed by atoms with E-state index in [1.807, 2.05) is 30.5 Å². The summed E-state index contributed by atoms with van der Waals surface area (Å²) in [4.78, 5) is 35.1. The third-order valence-electron chi connectivity index (χ3n) is 10.00. The number of amides is 1. The summed E-state index contributed by atoms with van der Waals surface area (Å²) in [7, 11) is 4.38. The van der Waals surface area contributed by atoms with Crippen molar-refractivity contribution in [2.45, 2.75) is 123 Å². The largest absolute Gasteiger partial charge is 0.379 e. The number of hydrogen-bond acceptors (Lipinski definition) is 7. The Labute approximate surface area is 289 Å². The van der Waals surface area contributed by atoms with Crippen molar-refractivity contribution in [3.63, 3.8) is 0 Å². The Morgan fingerprint density at radius 1 is 1.09 bits per heavy atom. The van der Waals surface area contributed by atoms with Crippen LogP contribution in [0.4, 0.5) is 0 Å². The van der Waals surface area contributed by atoms with Crippen molar-refractivity contribution in [3.05, 3.63) is 76.5 Å². The number of carbonyl (C=O) groups excluding carboxylic acids is 2. The Balaban J connectivity index is 1.68. The number of nitrogens with one attached hydrogen (secondary N) is 2. The quantitative estimate of drug-likeness (QED) is 0.160. The number of carbonyl (C=O) groups is 2. The van der Waals surface area contributed by atoms with Crippen molar-refractivity contribution in [2.75, 3.05) is 20.6 Å². The number of piperidine rings is 1. The van der Waals surface area contributed by atoms with Gasteiger partial charge in [0, 0.05) is 53.8 Å². The van der Waals surface area contributed by atoms with E-state index in [9.17, 15) is 9.59 Å². The van der Waals surface area contributed by atoms with Gasteiger partial charge in [-0.25, -0.2) is 4.98 Å². The van der Waals surface area contributed by atoms with Crippen LogP contribution in [0.3, 0.4) is 0 Å². The van der Waals surface area contributed by atoms with Crippen LogP contribution in [0.25, 0.3) is 0 Å². The minimum Gasteiger partial charge on any atom is -0.379 e. The lowest BCUT2D eigenvalue weighted by molar-refractivity contribution is -0.120. The highest BCUT2D eigenvalue weighted by atomic mass is 32.1. The molecule has 0 unspecified atom stereocenters. The Morgan fingerprint density at radius 2 is 1.79 bits per heavy atom.